The van der Waals surface area contributed by atoms with Gasteiger partial charge in [0.05, 0.1) is 31.4 Å². The van der Waals surface area contributed by atoms with Crippen molar-refractivity contribution in [3.05, 3.63) is 88.5 Å². The number of anilines is 1. The number of carbonyl (C=O) groups excluding carboxylic acids is 3. The summed E-state index contributed by atoms with van der Waals surface area (Å²) in [5.41, 5.74) is 0.948. The molecule has 1 atom stereocenters. The number of carbonyl (C=O) groups is 3. The third-order valence-corrected chi connectivity index (χ3v) is 5.90. The Bertz CT molecular complexity index is 1360. The molecule has 8 nitrogen and oxygen atoms in total. The van der Waals surface area contributed by atoms with E-state index in [0.29, 0.717) is 27.8 Å². The van der Waals surface area contributed by atoms with Crippen LogP contribution in [0.5, 0.6) is 17.2 Å². The maximum absolute atomic E-state index is 13.3. The van der Waals surface area contributed by atoms with Gasteiger partial charge in [0.2, 0.25) is 0 Å². The van der Waals surface area contributed by atoms with Gasteiger partial charge in [-0.15, -0.1) is 0 Å². The van der Waals surface area contributed by atoms with Crippen LogP contribution in [0, 0.1) is 0 Å². The van der Waals surface area contributed by atoms with Crippen molar-refractivity contribution in [2.75, 3.05) is 19.1 Å². The molecule has 3 aromatic carbocycles. The SMILES string of the molecule is COc1ccc(N2C(=O)C(=O)/C(=C(/O)c3cc(Cl)ccc3OC)C2c2ccc(OC(C)=O)cc2)cc1. The lowest BCUT2D eigenvalue weighted by atomic mass is 9.94. The number of ketones is 1. The molecule has 0 aliphatic carbocycles. The van der Waals surface area contributed by atoms with Gasteiger partial charge in [-0.1, -0.05) is 23.7 Å². The number of aliphatic hydroxyl groups excluding tert-OH is 1. The van der Waals surface area contributed by atoms with Gasteiger partial charge in [-0.05, 0) is 60.2 Å². The second-order valence-corrected chi connectivity index (χ2v) is 8.31. The third kappa shape index (κ3) is 4.63. The van der Waals surface area contributed by atoms with Gasteiger partial charge in [-0.2, -0.15) is 0 Å². The summed E-state index contributed by atoms with van der Waals surface area (Å²) < 4.78 is 15.7. The van der Waals surface area contributed by atoms with Crippen LogP contribution in [0.25, 0.3) is 5.76 Å². The van der Waals surface area contributed by atoms with E-state index < -0.39 is 29.5 Å². The van der Waals surface area contributed by atoms with Gasteiger partial charge >= 0.3 is 5.97 Å². The molecule has 1 aliphatic heterocycles. The molecule has 1 unspecified atom stereocenters. The zero-order valence-corrected chi connectivity index (χ0v) is 20.4. The maximum atomic E-state index is 13.3. The van der Waals surface area contributed by atoms with E-state index in [-0.39, 0.29) is 16.9 Å². The van der Waals surface area contributed by atoms with Crippen molar-refractivity contribution in [2.45, 2.75) is 13.0 Å². The van der Waals surface area contributed by atoms with Crippen LogP contribution in [0.2, 0.25) is 5.02 Å². The summed E-state index contributed by atoms with van der Waals surface area (Å²) in [6, 6.07) is 16.5. The highest BCUT2D eigenvalue weighted by Crippen LogP contribution is 2.44. The predicted octanol–water partition coefficient (Wildman–Crippen LogP) is 4.91. The largest absolute Gasteiger partial charge is 0.507 e. The molecule has 0 radical (unpaired) electrons. The fourth-order valence-electron chi connectivity index (χ4n) is 4.05. The minimum absolute atomic E-state index is 0.142. The maximum Gasteiger partial charge on any atom is 0.308 e. The second-order valence-electron chi connectivity index (χ2n) is 7.87. The first-order valence-electron chi connectivity index (χ1n) is 10.8. The third-order valence-electron chi connectivity index (χ3n) is 5.67. The first-order chi connectivity index (χ1) is 17.2. The number of benzene rings is 3. The molecule has 3 aromatic rings. The van der Waals surface area contributed by atoms with Crippen LogP contribution in [0.15, 0.2) is 72.3 Å². The van der Waals surface area contributed by atoms with Crippen LogP contribution in [-0.4, -0.2) is 37.0 Å². The van der Waals surface area contributed by atoms with Gasteiger partial charge < -0.3 is 19.3 Å². The summed E-state index contributed by atoms with van der Waals surface area (Å²) in [6.07, 6.45) is 0. The van der Waals surface area contributed by atoms with Crippen molar-refractivity contribution < 1.29 is 33.7 Å². The van der Waals surface area contributed by atoms with Crippen LogP contribution >= 0.6 is 11.6 Å². The Balaban J connectivity index is 1.93. The highest BCUT2D eigenvalue weighted by Gasteiger charge is 2.47. The molecule has 0 spiro atoms. The van der Waals surface area contributed by atoms with Gasteiger partial charge in [0.1, 0.15) is 23.0 Å². The van der Waals surface area contributed by atoms with Crippen molar-refractivity contribution in [3.8, 4) is 17.2 Å². The van der Waals surface area contributed by atoms with Crippen LogP contribution in [0.3, 0.4) is 0 Å². The normalized spacial score (nSPS) is 16.7. The monoisotopic (exact) mass is 507 g/mol. The van der Waals surface area contributed by atoms with E-state index in [9.17, 15) is 19.5 Å². The fraction of sp³-hybridized carbons (Fsp3) is 0.148. The number of hydrogen-bond donors (Lipinski definition) is 1. The molecule has 1 fully saturated rings. The Kier molecular flexibility index (Phi) is 6.98. The molecule has 9 heteroatoms. The van der Waals surface area contributed by atoms with E-state index in [1.165, 1.54) is 32.1 Å². The lowest BCUT2D eigenvalue weighted by Gasteiger charge is -2.26. The smallest absolute Gasteiger partial charge is 0.308 e. The number of amides is 1. The summed E-state index contributed by atoms with van der Waals surface area (Å²) in [4.78, 5) is 39.2. The molecule has 0 aromatic heterocycles. The lowest BCUT2D eigenvalue weighted by molar-refractivity contribution is -0.132. The Labute approximate surface area is 212 Å². The van der Waals surface area contributed by atoms with Crippen LogP contribution in [0.4, 0.5) is 5.69 Å². The summed E-state index contributed by atoms with van der Waals surface area (Å²) in [5.74, 6) is -1.48. The molecular weight excluding hydrogens is 486 g/mol. The summed E-state index contributed by atoms with van der Waals surface area (Å²) >= 11 is 6.15. The van der Waals surface area contributed by atoms with Crippen molar-refractivity contribution >= 4 is 40.7 Å². The van der Waals surface area contributed by atoms with Crippen molar-refractivity contribution in [1.29, 1.82) is 0 Å². The topological polar surface area (TPSA) is 102 Å². The average molecular weight is 508 g/mol. The number of rotatable bonds is 6. The summed E-state index contributed by atoms with van der Waals surface area (Å²) in [6.45, 7) is 1.28. The number of aliphatic hydroxyl groups is 1. The summed E-state index contributed by atoms with van der Waals surface area (Å²) in [5, 5.41) is 11.7. The number of nitrogens with zero attached hydrogens (tertiary/aromatic N) is 1. The zero-order chi connectivity index (χ0) is 26.0. The van der Waals surface area contributed by atoms with Gasteiger partial charge in [-0.25, -0.2) is 0 Å². The number of halogens is 1. The first-order valence-corrected chi connectivity index (χ1v) is 11.2. The van der Waals surface area contributed by atoms with E-state index >= 15 is 0 Å². The highest BCUT2D eigenvalue weighted by atomic mass is 35.5. The van der Waals surface area contributed by atoms with Gasteiger partial charge in [0, 0.05) is 17.6 Å². The molecule has 0 bridgehead atoms. The first kappa shape index (κ1) is 24.8. The molecule has 0 saturated carbocycles. The van der Waals surface area contributed by atoms with E-state index in [1.807, 2.05) is 0 Å². The number of esters is 1. The Morgan fingerprint density at radius 2 is 1.56 bits per heavy atom. The quantitative estimate of drug-likeness (QED) is 0.166. The van der Waals surface area contributed by atoms with Gasteiger partial charge in [-0.3, -0.25) is 19.3 Å². The standard InChI is InChI=1S/C27H22ClNO7/c1-15(30)36-20-9-4-16(5-10-20)24-23(25(31)21-14-17(28)6-13-22(21)35-3)26(32)27(33)29(24)18-7-11-19(34-2)12-8-18/h4-14,24,31H,1-3H3/b25-23+. The molecule has 1 heterocycles. The fourth-order valence-corrected chi connectivity index (χ4v) is 4.22. The molecular formula is C27H22ClNO7. The van der Waals surface area contributed by atoms with Crippen LogP contribution in [-0.2, 0) is 14.4 Å². The number of ether oxygens (including phenoxy) is 3. The molecule has 1 saturated heterocycles. The van der Waals surface area contributed by atoms with Crippen molar-refractivity contribution in [2.24, 2.45) is 0 Å². The van der Waals surface area contributed by atoms with Gasteiger partial charge in [0.15, 0.2) is 0 Å². The Morgan fingerprint density at radius 1 is 0.917 bits per heavy atom. The van der Waals surface area contributed by atoms with Crippen LogP contribution < -0.4 is 19.1 Å². The van der Waals surface area contributed by atoms with E-state index in [4.69, 9.17) is 25.8 Å². The number of Topliss-reactive ketones (excluding diaryl/α,β-unsaturated/α-hetero) is 1. The Hall–Kier alpha value is -4.30. The number of methoxy groups -OCH3 is 2. The van der Waals surface area contributed by atoms with Gasteiger partial charge in [0.25, 0.3) is 11.7 Å². The average Bonchev–Trinajstić information content (AvgIpc) is 3.14. The van der Waals surface area contributed by atoms with E-state index in [1.54, 1.807) is 60.7 Å². The van der Waals surface area contributed by atoms with Crippen molar-refractivity contribution in [3.63, 3.8) is 0 Å². The molecule has 1 aliphatic rings. The molecule has 184 valence electrons. The minimum atomic E-state index is -0.992. The van der Waals surface area contributed by atoms with E-state index in [0.717, 1.165) is 0 Å². The lowest BCUT2D eigenvalue weighted by Crippen LogP contribution is -2.29. The van der Waals surface area contributed by atoms with Crippen LogP contribution in [0.1, 0.15) is 24.1 Å². The second kappa shape index (κ2) is 10.1. The van der Waals surface area contributed by atoms with E-state index in [2.05, 4.69) is 0 Å². The molecule has 36 heavy (non-hydrogen) atoms. The summed E-state index contributed by atoms with van der Waals surface area (Å²) in [7, 11) is 2.94. The molecule has 1 N–H and O–H groups in total. The zero-order valence-electron chi connectivity index (χ0n) is 19.7. The molecule has 4 rings (SSSR count). The predicted molar refractivity (Wildman–Crippen MR) is 134 cm³/mol. The minimum Gasteiger partial charge on any atom is -0.507 e. The molecule has 1 amide bonds. The van der Waals surface area contributed by atoms with Crippen molar-refractivity contribution in [1.82, 2.24) is 0 Å². The number of hydrogen-bond acceptors (Lipinski definition) is 7. The highest BCUT2D eigenvalue weighted by molar-refractivity contribution is 6.51. The Morgan fingerprint density at radius 3 is 2.14 bits per heavy atom.